The minimum Gasteiger partial charge on any atom is -0.322 e. The molecule has 4 heteroatoms. The quantitative estimate of drug-likeness (QED) is 0.892. The summed E-state index contributed by atoms with van der Waals surface area (Å²) < 4.78 is 0. The summed E-state index contributed by atoms with van der Waals surface area (Å²) in [5.41, 5.74) is 2.77. The molecule has 1 aliphatic carbocycles. The number of H-pyrrole nitrogens is 1. The van der Waals surface area contributed by atoms with Crippen molar-refractivity contribution in [3.63, 3.8) is 0 Å². The molecular formula is C16H19N3O. The first-order valence-corrected chi connectivity index (χ1v) is 7.23. The highest BCUT2D eigenvalue weighted by molar-refractivity contribution is 6.03. The molecule has 2 N–H and O–H groups in total. The largest absolute Gasteiger partial charge is 0.322 e. The summed E-state index contributed by atoms with van der Waals surface area (Å²) in [6.45, 7) is 0. The third kappa shape index (κ3) is 2.90. The van der Waals surface area contributed by atoms with Crippen LogP contribution in [0.1, 0.15) is 53.9 Å². The second-order valence-corrected chi connectivity index (χ2v) is 5.40. The van der Waals surface area contributed by atoms with Crippen LogP contribution in [0.4, 0.5) is 5.69 Å². The number of rotatable bonds is 3. The predicted molar refractivity (Wildman–Crippen MR) is 78.8 cm³/mol. The van der Waals surface area contributed by atoms with Crippen LogP contribution in [0.2, 0.25) is 0 Å². The van der Waals surface area contributed by atoms with Crippen LogP contribution in [0, 0.1) is 0 Å². The number of hydrogen-bond acceptors (Lipinski definition) is 2. The van der Waals surface area contributed by atoms with Crippen molar-refractivity contribution < 1.29 is 4.79 Å². The number of amides is 1. The summed E-state index contributed by atoms with van der Waals surface area (Å²) in [6.07, 6.45) is 9.74. The molecular weight excluding hydrogens is 250 g/mol. The lowest BCUT2D eigenvalue weighted by atomic mass is 9.84. The SMILES string of the molecule is O=C(Nc1ccc(C2CCCCC2)cc1)c1cn[nH]c1. The van der Waals surface area contributed by atoms with Crippen molar-refractivity contribution in [1.82, 2.24) is 10.2 Å². The van der Waals surface area contributed by atoms with Crippen molar-refractivity contribution in [2.45, 2.75) is 38.0 Å². The van der Waals surface area contributed by atoms with Crippen LogP contribution in [0.3, 0.4) is 0 Å². The number of nitrogens with one attached hydrogen (secondary N) is 2. The molecule has 20 heavy (non-hydrogen) atoms. The molecule has 0 spiro atoms. The first-order valence-electron chi connectivity index (χ1n) is 7.23. The molecule has 2 aromatic rings. The molecule has 1 amide bonds. The number of benzene rings is 1. The van der Waals surface area contributed by atoms with Gasteiger partial charge in [0, 0.05) is 11.9 Å². The first-order chi connectivity index (χ1) is 9.83. The molecule has 0 atom stereocenters. The minimum absolute atomic E-state index is 0.135. The molecule has 0 bridgehead atoms. The Morgan fingerprint density at radius 1 is 1.15 bits per heavy atom. The Morgan fingerprint density at radius 2 is 1.90 bits per heavy atom. The van der Waals surface area contributed by atoms with E-state index in [4.69, 9.17) is 0 Å². The van der Waals surface area contributed by atoms with Crippen molar-refractivity contribution in [3.8, 4) is 0 Å². The zero-order valence-electron chi connectivity index (χ0n) is 11.4. The second-order valence-electron chi connectivity index (χ2n) is 5.40. The van der Waals surface area contributed by atoms with Crippen LogP contribution in [0.15, 0.2) is 36.7 Å². The Bertz CT molecular complexity index is 554. The number of carbonyl (C=O) groups excluding carboxylic acids is 1. The number of nitrogens with zero attached hydrogens (tertiary/aromatic N) is 1. The number of aromatic amines is 1. The lowest BCUT2D eigenvalue weighted by Gasteiger charge is -2.22. The molecule has 1 aliphatic rings. The Hall–Kier alpha value is -2.10. The van der Waals surface area contributed by atoms with E-state index in [0.717, 1.165) is 5.69 Å². The molecule has 104 valence electrons. The second kappa shape index (κ2) is 5.90. The van der Waals surface area contributed by atoms with Crippen LogP contribution in [-0.4, -0.2) is 16.1 Å². The molecule has 1 aromatic carbocycles. The van der Waals surface area contributed by atoms with Gasteiger partial charge in [-0.25, -0.2) is 0 Å². The number of anilines is 1. The molecule has 1 fully saturated rings. The van der Waals surface area contributed by atoms with Crippen molar-refractivity contribution in [1.29, 1.82) is 0 Å². The van der Waals surface area contributed by atoms with Crippen LogP contribution >= 0.6 is 0 Å². The van der Waals surface area contributed by atoms with Gasteiger partial charge in [-0.2, -0.15) is 5.10 Å². The molecule has 1 aromatic heterocycles. The Balaban J connectivity index is 1.65. The molecule has 0 radical (unpaired) electrons. The van der Waals surface area contributed by atoms with Gasteiger partial charge in [0.05, 0.1) is 11.8 Å². The van der Waals surface area contributed by atoms with E-state index >= 15 is 0 Å². The normalized spacial score (nSPS) is 16.0. The average Bonchev–Trinajstić information content (AvgIpc) is 3.03. The maximum Gasteiger partial charge on any atom is 0.258 e. The number of carbonyl (C=O) groups is 1. The molecule has 0 saturated heterocycles. The van der Waals surface area contributed by atoms with E-state index in [0.29, 0.717) is 11.5 Å². The van der Waals surface area contributed by atoms with E-state index < -0.39 is 0 Å². The van der Waals surface area contributed by atoms with Gasteiger partial charge in [-0.3, -0.25) is 9.89 Å². The molecule has 0 unspecified atom stereocenters. The lowest BCUT2D eigenvalue weighted by molar-refractivity contribution is 0.102. The lowest BCUT2D eigenvalue weighted by Crippen LogP contribution is -2.11. The van der Waals surface area contributed by atoms with Gasteiger partial charge >= 0.3 is 0 Å². The highest BCUT2D eigenvalue weighted by Gasteiger charge is 2.15. The van der Waals surface area contributed by atoms with Crippen molar-refractivity contribution >= 4 is 11.6 Å². The molecule has 4 nitrogen and oxygen atoms in total. The maximum absolute atomic E-state index is 11.9. The first kappa shape index (κ1) is 12.9. The van der Waals surface area contributed by atoms with Gasteiger partial charge in [0.2, 0.25) is 0 Å². The van der Waals surface area contributed by atoms with Gasteiger partial charge < -0.3 is 5.32 Å². The van der Waals surface area contributed by atoms with Gasteiger partial charge in [-0.15, -0.1) is 0 Å². The Morgan fingerprint density at radius 3 is 2.55 bits per heavy atom. The zero-order chi connectivity index (χ0) is 13.8. The van der Waals surface area contributed by atoms with Gasteiger partial charge in [0.25, 0.3) is 5.91 Å². The van der Waals surface area contributed by atoms with E-state index in [-0.39, 0.29) is 5.91 Å². The van der Waals surface area contributed by atoms with E-state index in [1.807, 2.05) is 12.1 Å². The minimum atomic E-state index is -0.135. The molecule has 3 rings (SSSR count). The highest BCUT2D eigenvalue weighted by atomic mass is 16.1. The third-order valence-corrected chi connectivity index (χ3v) is 4.01. The van der Waals surface area contributed by atoms with Crippen molar-refractivity contribution in [3.05, 3.63) is 47.8 Å². The predicted octanol–water partition coefficient (Wildman–Crippen LogP) is 3.71. The summed E-state index contributed by atoms with van der Waals surface area (Å²) in [5, 5.41) is 9.29. The molecule has 0 aliphatic heterocycles. The van der Waals surface area contributed by atoms with Crippen LogP contribution < -0.4 is 5.32 Å². The fourth-order valence-electron chi connectivity index (χ4n) is 2.85. The maximum atomic E-state index is 11.9. The molecule has 1 heterocycles. The summed E-state index contributed by atoms with van der Waals surface area (Å²) in [6, 6.07) is 8.26. The van der Waals surface area contributed by atoms with Crippen LogP contribution in [0.25, 0.3) is 0 Å². The van der Waals surface area contributed by atoms with E-state index in [9.17, 15) is 4.79 Å². The highest BCUT2D eigenvalue weighted by Crippen LogP contribution is 2.32. The fraction of sp³-hybridized carbons (Fsp3) is 0.375. The van der Waals surface area contributed by atoms with Crippen molar-refractivity contribution in [2.24, 2.45) is 0 Å². The van der Waals surface area contributed by atoms with E-state index in [1.54, 1.807) is 6.20 Å². The van der Waals surface area contributed by atoms with E-state index in [2.05, 4.69) is 27.6 Å². The standard InChI is InChI=1S/C16H19N3O/c20-16(14-10-17-18-11-14)19-15-8-6-13(7-9-15)12-4-2-1-3-5-12/h6-12H,1-5H2,(H,17,18)(H,19,20). The summed E-state index contributed by atoms with van der Waals surface area (Å²) in [4.78, 5) is 11.9. The van der Waals surface area contributed by atoms with Gasteiger partial charge in [-0.1, -0.05) is 31.4 Å². The summed E-state index contributed by atoms with van der Waals surface area (Å²) in [5.74, 6) is 0.562. The summed E-state index contributed by atoms with van der Waals surface area (Å²) in [7, 11) is 0. The fourth-order valence-corrected chi connectivity index (χ4v) is 2.85. The average molecular weight is 269 g/mol. The monoisotopic (exact) mass is 269 g/mol. The van der Waals surface area contributed by atoms with Gasteiger partial charge in [-0.05, 0) is 36.5 Å². The van der Waals surface area contributed by atoms with E-state index in [1.165, 1.54) is 43.9 Å². The van der Waals surface area contributed by atoms with Gasteiger partial charge in [0.1, 0.15) is 0 Å². The Labute approximate surface area is 118 Å². The molecule has 1 saturated carbocycles. The van der Waals surface area contributed by atoms with Crippen LogP contribution in [-0.2, 0) is 0 Å². The van der Waals surface area contributed by atoms with Crippen LogP contribution in [0.5, 0.6) is 0 Å². The van der Waals surface area contributed by atoms with Gasteiger partial charge in [0.15, 0.2) is 0 Å². The smallest absolute Gasteiger partial charge is 0.258 e. The number of aromatic nitrogens is 2. The number of hydrogen-bond donors (Lipinski definition) is 2. The van der Waals surface area contributed by atoms with Crippen molar-refractivity contribution in [2.75, 3.05) is 5.32 Å². The summed E-state index contributed by atoms with van der Waals surface area (Å²) >= 11 is 0. The third-order valence-electron chi connectivity index (χ3n) is 4.01. The zero-order valence-corrected chi connectivity index (χ0v) is 11.4. The Kier molecular flexibility index (Phi) is 3.81. The topological polar surface area (TPSA) is 57.8 Å².